The van der Waals surface area contributed by atoms with Gasteiger partial charge in [0, 0.05) is 6.04 Å². The van der Waals surface area contributed by atoms with E-state index >= 15 is 0 Å². The predicted octanol–water partition coefficient (Wildman–Crippen LogP) is 2.48. The highest BCUT2D eigenvalue weighted by Gasteiger charge is 2.25. The van der Waals surface area contributed by atoms with Crippen LogP contribution in [0.25, 0.3) is 0 Å². The molecule has 1 rings (SSSR count). The number of halogens is 1. The SMILES string of the molecule is CCC1CCCC(NC(=O)C(N)C(C)C)C1.Cl. The molecule has 0 spiro atoms. The molecule has 0 aliphatic heterocycles. The minimum Gasteiger partial charge on any atom is -0.352 e. The average molecular weight is 263 g/mol. The van der Waals surface area contributed by atoms with Gasteiger partial charge in [-0.25, -0.2) is 0 Å². The monoisotopic (exact) mass is 262 g/mol. The maximum atomic E-state index is 11.8. The van der Waals surface area contributed by atoms with Crippen LogP contribution in [0.3, 0.4) is 0 Å². The lowest BCUT2D eigenvalue weighted by Gasteiger charge is -2.30. The standard InChI is InChI=1S/C13H26N2O.ClH/c1-4-10-6-5-7-11(8-10)15-13(16)12(14)9(2)3;/h9-12H,4-8,14H2,1-3H3,(H,15,16);1H. The van der Waals surface area contributed by atoms with Gasteiger partial charge in [0.25, 0.3) is 0 Å². The minimum absolute atomic E-state index is 0. The van der Waals surface area contributed by atoms with Gasteiger partial charge < -0.3 is 11.1 Å². The second kappa shape index (κ2) is 7.93. The van der Waals surface area contributed by atoms with Gasteiger partial charge in [0.15, 0.2) is 0 Å². The third kappa shape index (κ3) is 5.26. The first-order valence-corrected chi connectivity index (χ1v) is 6.60. The smallest absolute Gasteiger partial charge is 0.237 e. The summed E-state index contributed by atoms with van der Waals surface area (Å²) in [7, 11) is 0. The number of nitrogens with one attached hydrogen (secondary N) is 1. The van der Waals surface area contributed by atoms with Crippen LogP contribution in [0.2, 0.25) is 0 Å². The van der Waals surface area contributed by atoms with E-state index in [-0.39, 0.29) is 30.3 Å². The first-order valence-electron chi connectivity index (χ1n) is 6.60. The van der Waals surface area contributed by atoms with E-state index in [4.69, 9.17) is 5.73 Å². The topological polar surface area (TPSA) is 55.1 Å². The molecule has 0 bridgehead atoms. The fraction of sp³-hybridized carbons (Fsp3) is 0.923. The number of carbonyl (C=O) groups excluding carboxylic acids is 1. The van der Waals surface area contributed by atoms with E-state index in [0.29, 0.717) is 6.04 Å². The Morgan fingerprint density at radius 2 is 2.06 bits per heavy atom. The van der Waals surface area contributed by atoms with Crippen molar-refractivity contribution in [2.24, 2.45) is 17.6 Å². The van der Waals surface area contributed by atoms with Crippen molar-refractivity contribution in [3.05, 3.63) is 0 Å². The van der Waals surface area contributed by atoms with Crippen molar-refractivity contribution in [1.29, 1.82) is 0 Å². The Morgan fingerprint density at radius 1 is 1.41 bits per heavy atom. The van der Waals surface area contributed by atoms with E-state index in [0.717, 1.165) is 18.8 Å². The first kappa shape index (κ1) is 16.7. The number of hydrogen-bond donors (Lipinski definition) is 2. The summed E-state index contributed by atoms with van der Waals surface area (Å²) in [5.41, 5.74) is 5.83. The number of hydrogen-bond acceptors (Lipinski definition) is 2. The van der Waals surface area contributed by atoms with Crippen LogP contribution in [0.15, 0.2) is 0 Å². The van der Waals surface area contributed by atoms with Crippen molar-refractivity contribution < 1.29 is 4.79 Å². The van der Waals surface area contributed by atoms with Gasteiger partial charge in [-0.2, -0.15) is 0 Å². The van der Waals surface area contributed by atoms with Gasteiger partial charge >= 0.3 is 0 Å². The minimum atomic E-state index is -0.359. The van der Waals surface area contributed by atoms with Gasteiger partial charge in [-0.1, -0.05) is 40.0 Å². The molecule has 4 heteroatoms. The van der Waals surface area contributed by atoms with Crippen molar-refractivity contribution >= 4 is 18.3 Å². The molecule has 102 valence electrons. The van der Waals surface area contributed by atoms with Gasteiger partial charge in [0.1, 0.15) is 0 Å². The Labute approximate surface area is 111 Å². The Bertz CT molecular complexity index is 233. The summed E-state index contributed by atoms with van der Waals surface area (Å²) in [5, 5.41) is 3.10. The summed E-state index contributed by atoms with van der Waals surface area (Å²) in [6, 6.07) is -0.00185. The Hall–Kier alpha value is -0.280. The molecule has 0 aromatic rings. The van der Waals surface area contributed by atoms with E-state index < -0.39 is 0 Å². The van der Waals surface area contributed by atoms with Crippen molar-refractivity contribution in [3.8, 4) is 0 Å². The van der Waals surface area contributed by atoms with Gasteiger partial charge in [0.2, 0.25) is 5.91 Å². The largest absolute Gasteiger partial charge is 0.352 e. The Morgan fingerprint density at radius 3 is 2.59 bits per heavy atom. The molecule has 3 nitrogen and oxygen atoms in total. The quantitative estimate of drug-likeness (QED) is 0.818. The van der Waals surface area contributed by atoms with Crippen LogP contribution in [-0.2, 0) is 4.79 Å². The predicted molar refractivity (Wildman–Crippen MR) is 74.2 cm³/mol. The fourth-order valence-electron chi connectivity index (χ4n) is 2.39. The lowest BCUT2D eigenvalue weighted by Crippen LogP contribution is -2.48. The highest BCUT2D eigenvalue weighted by atomic mass is 35.5. The van der Waals surface area contributed by atoms with Crippen molar-refractivity contribution in [2.45, 2.75) is 65.0 Å². The van der Waals surface area contributed by atoms with Crippen LogP contribution in [0.4, 0.5) is 0 Å². The molecule has 3 N–H and O–H groups in total. The van der Waals surface area contributed by atoms with Crippen LogP contribution in [0, 0.1) is 11.8 Å². The highest BCUT2D eigenvalue weighted by molar-refractivity contribution is 5.85. The maximum absolute atomic E-state index is 11.8. The summed E-state index contributed by atoms with van der Waals surface area (Å²) in [5.74, 6) is 1.02. The summed E-state index contributed by atoms with van der Waals surface area (Å²) in [6.07, 6.45) is 6.03. The van der Waals surface area contributed by atoms with Crippen LogP contribution >= 0.6 is 12.4 Å². The number of rotatable bonds is 4. The fourth-order valence-corrected chi connectivity index (χ4v) is 2.39. The van der Waals surface area contributed by atoms with Gasteiger partial charge in [-0.3, -0.25) is 4.79 Å². The zero-order valence-corrected chi connectivity index (χ0v) is 12.1. The molecule has 0 aromatic heterocycles. The van der Waals surface area contributed by atoms with E-state index in [1.165, 1.54) is 19.3 Å². The van der Waals surface area contributed by atoms with Crippen molar-refractivity contribution in [3.63, 3.8) is 0 Å². The Balaban J connectivity index is 0.00000256. The molecule has 0 radical (unpaired) electrons. The molecule has 3 unspecified atom stereocenters. The third-order valence-corrected chi connectivity index (χ3v) is 3.73. The molecule has 1 aliphatic carbocycles. The summed E-state index contributed by atoms with van der Waals surface area (Å²) in [4.78, 5) is 11.8. The lowest BCUT2D eigenvalue weighted by molar-refractivity contribution is -0.124. The second-order valence-electron chi connectivity index (χ2n) is 5.42. The van der Waals surface area contributed by atoms with Gasteiger partial charge in [0.05, 0.1) is 6.04 Å². The van der Waals surface area contributed by atoms with E-state index in [1.807, 2.05) is 13.8 Å². The van der Waals surface area contributed by atoms with Crippen molar-refractivity contribution in [2.75, 3.05) is 0 Å². The number of nitrogens with two attached hydrogens (primary N) is 1. The normalized spacial score (nSPS) is 26.2. The van der Waals surface area contributed by atoms with E-state index in [2.05, 4.69) is 12.2 Å². The third-order valence-electron chi connectivity index (χ3n) is 3.73. The van der Waals surface area contributed by atoms with Gasteiger partial charge in [-0.05, 0) is 24.7 Å². The molecule has 1 fully saturated rings. The van der Waals surface area contributed by atoms with Crippen LogP contribution in [-0.4, -0.2) is 18.0 Å². The molecule has 0 heterocycles. The average Bonchev–Trinajstić information content (AvgIpc) is 2.28. The second-order valence-corrected chi connectivity index (χ2v) is 5.42. The molecule has 0 saturated heterocycles. The van der Waals surface area contributed by atoms with Gasteiger partial charge in [-0.15, -0.1) is 12.4 Å². The molecule has 0 aromatic carbocycles. The van der Waals surface area contributed by atoms with Crippen LogP contribution < -0.4 is 11.1 Å². The summed E-state index contributed by atoms with van der Waals surface area (Å²) >= 11 is 0. The molecule has 1 aliphatic rings. The van der Waals surface area contributed by atoms with Crippen LogP contribution in [0.5, 0.6) is 0 Å². The summed E-state index contributed by atoms with van der Waals surface area (Å²) in [6.45, 7) is 6.20. The van der Waals surface area contributed by atoms with Crippen LogP contribution in [0.1, 0.15) is 52.9 Å². The van der Waals surface area contributed by atoms with E-state index in [9.17, 15) is 4.79 Å². The first-order chi connectivity index (χ1) is 7.54. The molecule has 17 heavy (non-hydrogen) atoms. The molecular weight excluding hydrogens is 236 g/mol. The van der Waals surface area contributed by atoms with Crippen molar-refractivity contribution in [1.82, 2.24) is 5.32 Å². The summed E-state index contributed by atoms with van der Waals surface area (Å²) < 4.78 is 0. The molecular formula is C13H27ClN2O. The lowest BCUT2D eigenvalue weighted by atomic mass is 9.84. The Kier molecular flexibility index (Phi) is 7.80. The molecule has 1 amide bonds. The number of amides is 1. The zero-order chi connectivity index (χ0) is 12.1. The molecule has 3 atom stereocenters. The highest BCUT2D eigenvalue weighted by Crippen LogP contribution is 2.26. The van der Waals surface area contributed by atoms with E-state index in [1.54, 1.807) is 0 Å². The maximum Gasteiger partial charge on any atom is 0.237 e. The molecule has 1 saturated carbocycles. The number of carbonyl (C=O) groups is 1. The zero-order valence-electron chi connectivity index (χ0n) is 11.2.